The molecule has 4 heteroatoms. The van der Waals surface area contributed by atoms with Gasteiger partial charge >= 0.3 is 0 Å². The minimum Gasteiger partial charge on any atom is -0.355 e. The summed E-state index contributed by atoms with van der Waals surface area (Å²) in [6, 6.07) is 17.8. The van der Waals surface area contributed by atoms with E-state index in [9.17, 15) is 0 Å². The Morgan fingerprint density at radius 1 is 1.00 bits per heavy atom. The summed E-state index contributed by atoms with van der Waals surface area (Å²) >= 11 is 0. The third-order valence-corrected chi connectivity index (χ3v) is 2.91. The van der Waals surface area contributed by atoms with Gasteiger partial charge in [0, 0.05) is 12.7 Å². The fraction of sp³-hybridized carbons (Fsp3) is 0.143. The van der Waals surface area contributed by atoms with Crippen LogP contribution >= 0.6 is 0 Å². The fourth-order valence-corrected chi connectivity index (χ4v) is 2.06. The van der Waals surface area contributed by atoms with E-state index in [-0.39, 0.29) is 6.23 Å². The molecule has 0 amide bonds. The standard InChI is InChI=1S/C14H13N3O/c1-18-14(11-7-3-2-4-8-11)17-13-10-6-5-9-12(13)15-16-17/h2-10,14H,1H3/t14-/m0/s1. The van der Waals surface area contributed by atoms with Gasteiger partial charge in [0.1, 0.15) is 5.52 Å². The number of rotatable bonds is 3. The van der Waals surface area contributed by atoms with Gasteiger partial charge in [-0.05, 0) is 12.1 Å². The summed E-state index contributed by atoms with van der Waals surface area (Å²) in [4.78, 5) is 0. The maximum atomic E-state index is 5.55. The minimum atomic E-state index is -0.251. The average Bonchev–Trinajstić information content (AvgIpc) is 2.85. The van der Waals surface area contributed by atoms with Crippen LogP contribution in [0.3, 0.4) is 0 Å². The Bertz CT molecular complexity index is 648. The third-order valence-electron chi connectivity index (χ3n) is 2.91. The third kappa shape index (κ3) is 1.76. The number of hydrogen-bond donors (Lipinski definition) is 0. The van der Waals surface area contributed by atoms with Gasteiger partial charge in [0.15, 0.2) is 6.23 Å². The predicted molar refractivity (Wildman–Crippen MR) is 69.1 cm³/mol. The molecule has 0 spiro atoms. The molecule has 0 bridgehead atoms. The number of nitrogens with zero attached hydrogens (tertiary/aromatic N) is 3. The highest BCUT2D eigenvalue weighted by molar-refractivity contribution is 5.74. The number of methoxy groups -OCH3 is 1. The van der Waals surface area contributed by atoms with Crippen molar-refractivity contribution in [2.75, 3.05) is 7.11 Å². The van der Waals surface area contributed by atoms with Crippen LogP contribution in [0.1, 0.15) is 11.8 Å². The molecule has 0 N–H and O–H groups in total. The van der Waals surface area contributed by atoms with Crippen LogP contribution in [0.2, 0.25) is 0 Å². The summed E-state index contributed by atoms with van der Waals surface area (Å²) in [6.07, 6.45) is -0.251. The molecule has 0 radical (unpaired) electrons. The van der Waals surface area contributed by atoms with E-state index < -0.39 is 0 Å². The number of aromatic nitrogens is 3. The molecule has 90 valence electrons. The van der Waals surface area contributed by atoms with Crippen LogP contribution in [0.4, 0.5) is 0 Å². The molecule has 1 heterocycles. The lowest BCUT2D eigenvalue weighted by atomic mass is 10.2. The van der Waals surface area contributed by atoms with Gasteiger partial charge < -0.3 is 4.74 Å². The molecule has 0 saturated heterocycles. The van der Waals surface area contributed by atoms with E-state index in [0.717, 1.165) is 16.6 Å². The van der Waals surface area contributed by atoms with Gasteiger partial charge in [-0.15, -0.1) is 5.10 Å². The summed E-state index contributed by atoms with van der Waals surface area (Å²) in [7, 11) is 1.67. The van der Waals surface area contributed by atoms with Crippen LogP contribution in [0.15, 0.2) is 54.6 Å². The molecule has 3 rings (SSSR count). The molecule has 0 aliphatic heterocycles. The molecule has 0 aliphatic rings. The zero-order chi connectivity index (χ0) is 12.4. The predicted octanol–water partition coefficient (Wildman–Crippen LogP) is 2.62. The van der Waals surface area contributed by atoms with Gasteiger partial charge in [0.2, 0.25) is 0 Å². The molecule has 0 saturated carbocycles. The SMILES string of the molecule is CO[C@@H](c1ccccc1)n1nnc2ccccc21. The number of para-hydroxylation sites is 1. The number of ether oxygens (including phenoxy) is 1. The minimum absolute atomic E-state index is 0.251. The number of fused-ring (bicyclic) bond motifs is 1. The summed E-state index contributed by atoms with van der Waals surface area (Å²) in [5.41, 5.74) is 2.89. The first-order chi connectivity index (χ1) is 8.90. The highest BCUT2D eigenvalue weighted by Crippen LogP contribution is 2.22. The van der Waals surface area contributed by atoms with Crippen LogP contribution in [0.5, 0.6) is 0 Å². The molecule has 0 fully saturated rings. The van der Waals surface area contributed by atoms with E-state index in [1.54, 1.807) is 11.8 Å². The maximum Gasteiger partial charge on any atom is 0.178 e. The Labute approximate surface area is 105 Å². The van der Waals surface area contributed by atoms with Crippen molar-refractivity contribution in [2.45, 2.75) is 6.23 Å². The van der Waals surface area contributed by atoms with Gasteiger partial charge in [-0.3, -0.25) is 0 Å². The molecular formula is C14H13N3O. The molecule has 0 unspecified atom stereocenters. The smallest absolute Gasteiger partial charge is 0.178 e. The quantitative estimate of drug-likeness (QED) is 0.705. The van der Waals surface area contributed by atoms with E-state index >= 15 is 0 Å². The van der Waals surface area contributed by atoms with Gasteiger partial charge in [0.05, 0.1) is 5.52 Å². The second kappa shape index (κ2) is 4.58. The first-order valence-corrected chi connectivity index (χ1v) is 5.78. The molecule has 3 aromatic rings. The van der Waals surface area contributed by atoms with E-state index in [2.05, 4.69) is 10.3 Å². The van der Waals surface area contributed by atoms with Crippen molar-refractivity contribution < 1.29 is 4.74 Å². The second-order valence-electron chi connectivity index (χ2n) is 4.02. The van der Waals surface area contributed by atoms with Crippen molar-refractivity contribution in [1.29, 1.82) is 0 Å². The summed E-state index contributed by atoms with van der Waals surface area (Å²) in [6.45, 7) is 0. The molecule has 0 aliphatic carbocycles. The van der Waals surface area contributed by atoms with Gasteiger partial charge in [-0.2, -0.15) is 0 Å². The van der Waals surface area contributed by atoms with Crippen molar-refractivity contribution in [3.63, 3.8) is 0 Å². The first kappa shape index (κ1) is 10.9. The monoisotopic (exact) mass is 239 g/mol. The van der Waals surface area contributed by atoms with Crippen LogP contribution < -0.4 is 0 Å². The Kier molecular flexibility index (Phi) is 2.78. The van der Waals surface area contributed by atoms with Gasteiger partial charge in [-0.25, -0.2) is 4.68 Å². The lowest BCUT2D eigenvalue weighted by Crippen LogP contribution is -2.14. The summed E-state index contributed by atoms with van der Waals surface area (Å²) < 4.78 is 7.35. The van der Waals surface area contributed by atoms with Crippen LogP contribution in [-0.4, -0.2) is 22.1 Å². The van der Waals surface area contributed by atoms with E-state index in [1.807, 2.05) is 54.6 Å². The molecule has 2 aromatic carbocycles. The van der Waals surface area contributed by atoms with Crippen LogP contribution in [0, 0.1) is 0 Å². The van der Waals surface area contributed by atoms with E-state index in [0.29, 0.717) is 0 Å². The van der Waals surface area contributed by atoms with Crippen molar-refractivity contribution in [1.82, 2.24) is 15.0 Å². The van der Waals surface area contributed by atoms with Crippen molar-refractivity contribution in [3.8, 4) is 0 Å². The largest absolute Gasteiger partial charge is 0.355 e. The molecular weight excluding hydrogens is 226 g/mol. The van der Waals surface area contributed by atoms with Crippen molar-refractivity contribution in [2.24, 2.45) is 0 Å². The zero-order valence-corrected chi connectivity index (χ0v) is 10.0. The van der Waals surface area contributed by atoms with E-state index in [1.165, 1.54) is 0 Å². The fourth-order valence-electron chi connectivity index (χ4n) is 2.06. The Balaban J connectivity index is 2.12. The van der Waals surface area contributed by atoms with Gasteiger partial charge in [0.25, 0.3) is 0 Å². The molecule has 1 aromatic heterocycles. The van der Waals surface area contributed by atoms with E-state index in [4.69, 9.17) is 4.74 Å². The van der Waals surface area contributed by atoms with Gasteiger partial charge in [-0.1, -0.05) is 47.7 Å². The Morgan fingerprint density at radius 3 is 2.50 bits per heavy atom. The Morgan fingerprint density at radius 2 is 1.72 bits per heavy atom. The van der Waals surface area contributed by atoms with Crippen LogP contribution in [-0.2, 0) is 4.74 Å². The Hall–Kier alpha value is -2.20. The molecule has 1 atom stereocenters. The second-order valence-corrected chi connectivity index (χ2v) is 4.02. The maximum absolute atomic E-state index is 5.55. The highest BCUT2D eigenvalue weighted by atomic mass is 16.5. The van der Waals surface area contributed by atoms with Crippen LogP contribution in [0.25, 0.3) is 11.0 Å². The molecule has 18 heavy (non-hydrogen) atoms. The van der Waals surface area contributed by atoms with Crippen molar-refractivity contribution >= 4 is 11.0 Å². The zero-order valence-electron chi connectivity index (χ0n) is 10.0. The summed E-state index contributed by atoms with van der Waals surface area (Å²) in [5.74, 6) is 0. The lowest BCUT2D eigenvalue weighted by molar-refractivity contribution is 0.0702. The average molecular weight is 239 g/mol. The van der Waals surface area contributed by atoms with Crippen molar-refractivity contribution in [3.05, 3.63) is 60.2 Å². The normalized spacial score (nSPS) is 12.7. The highest BCUT2D eigenvalue weighted by Gasteiger charge is 2.16. The number of benzene rings is 2. The topological polar surface area (TPSA) is 39.9 Å². The molecule has 4 nitrogen and oxygen atoms in total. The lowest BCUT2D eigenvalue weighted by Gasteiger charge is -2.16. The first-order valence-electron chi connectivity index (χ1n) is 5.78. The summed E-state index contributed by atoms with van der Waals surface area (Å²) in [5, 5.41) is 8.33. The number of hydrogen-bond acceptors (Lipinski definition) is 3.